The van der Waals surface area contributed by atoms with E-state index in [0.29, 0.717) is 11.1 Å². The van der Waals surface area contributed by atoms with E-state index in [1.54, 1.807) is 12.2 Å². The van der Waals surface area contributed by atoms with Crippen molar-refractivity contribution in [2.24, 2.45) is 11.3 Å². The van der Waals surface area contributed by atoms with E-state index in [9.17, 15) is 0 Å². The van der Waals surface area contributed by atoms with Crippen LogP contribution in [0.3, 0.4) is 0 Å². The second kappa shape index (κ2) is 5.34. The molecule has 2 aliphatic carbocycles. The van der Waals surface area contributed by atoms with Gasteiger partial charge in [0.2, 0.25) is 0 Å². The van der Waals surface area contributed by atoms with Crippen LogP contribution in [0, 0.1) is 56.7 Å². The maximum atomic E-state index is 9.13. The fourth-order valence-electron chi connectivity index (χ4n) is 2.77. The molecule has 4 nitrogen and oxygen atoms in total. The summed E-state index contributed by atoms with van der Waals surface area (Å²) in [7, 11) is 0. The molecule has 0 N–H and O–H groups in total. The van der Waals surface area contributed by atoms with Crippen LogP contribution in [0.1, 0.15) is 6.92 Å². The molecule has 0 aromatic carbocycles. The van der Waals surface area contributed by atoms with Gasteiger partial charge < -0.3 is 0 Å². The Labute approximate surface area is 123 Å². The van der Waals surface area contributed by atoms with Crippen molar-refractivity contribution >= 4 is 0 Å². The number of hydrogen-bond acceptors (Lipinski definition) is 4. The molecule has 0 saturated heterocycles. The lowest BCUT2D eigenvalue weighted by atomic mass is 9.62. The molecule has 0 radical (unpaired) electrons. The third-order valence-corrected chi connectivity index (χ3v) is 3.85. The average Bonchev–Trinajstić information content (AvgIpc) is 2.51. The van der Waals surface area contributed by atoms with Crippen molar-refractivity contribution in [3.63, 3.8) is 0 Å². The van der Waals surface area contributed by atoms with Crippen LogP contribution in [0.5, 0.6) is 0 Å². The third kappa shape index (κ3) is 2.06. The predicted molar refractivity (Wildman–Crippen MR) is 75.5 cm³/mol. The van der Waals surface area contributed by atoms with Crippen molar-refractivity contribution in [1.29, 1.82) is 21.0 Å². The molecule has 0 amide bonds. The van der Waals surface area contributed by atoms with Gasteiger partial charge in [0.25, 0.3) is 0 Å². The molecule has 0 aromatic rings. The Morgan fingerprint density at radius 2 is 1.57 bits per heavy atom. The van der Waals surface area contributed by atoms with Gasteiger partial charge in [-0.3, -0.25) is 0 Å². The highest BCUT2D eigenvalue weighted by molar-refractivity contribution is 5.60. The molecule has 4 heteroatoms. The first kappa shape index (κ1) is 14.1. The van der Waals surface area contributed by atoms with Crippen LogP contribution in [-0.4, -0.2) is 0 Å². The van der Waals surface area contributed by atoms with Gasteiger partial charge >= 0.3 is 0 Å². The van der Waals surface area contributed by atoms with E-state index in [1.165, 1.54) is 0 Å². The number of nitrogens with zero attached hydrogens (tertiary/aromatic N) is 4. The summed E-state index contributed by atoms with van der Waals surface area (Å²) in [6.07, 6.45) is 10.8. The van der Waals surface area contributed by atoms with Crippen LogP contribution >= 0.6 is 0 Å². The minimum atomic E-state index is -0.613. The maximum Gasteiger partial charge on any atom is 0.133 e. The molecule has 2 aliphatic rings. The quantitative estimate of drug-likeness (QED) is 0.632. The molecule has 0 heterocycles. The van der Waals surface area contributed by atoms with Crippen LogP contribution in [0.2, 0.25) is 0 Å². The first-order chi connectivity index (χ1) is 10.1. The zero-order valence-electron chi connectivity index (χ0n) is 11.3. The zero-order valence-corrected chi connectivity index (χ0v) is 11.3. The highest BCUT2D eigenvalue weighted by Crippen LogP contribution is 2.49. The first-order valence-corrected chi connectivity index (χ1v) is 6.25. The van der Waals surface area contributed by atoms with Gasteiger partial charge in [-0.25, -0.2) is 0 Å². The van der Waals surface area contributed by atoms with E-state index in [0.717, 1.165) is 0 Å². The number of rotatable bonds is 0. The Balaban J connectivity index is 2.81. The molecule has 0 aromatic heterocycles. The van der Waals surface area contributed by atoms with Gasteiger partial charge in [-0.05, 0) is 11.1 Å². The molecule has 2 atom stereocenters. The van der Waals surface area contributed by atoms with Crippen molar-refractivity contribution in [2.75, 3.05) is 0 Å². The lowest BCUT2D eigenvalue weighted by Gasteiger charge is -2.40. The molecule has 2 unspecified atom stereocenters. The molecule has 0 saturated carbocycles. The van der Waals surface area contributed by atoms with Crippen LogP contribution < -0.4 is 0 Å². The van der Waals surface area contributed by atoms with Gasteiger partial charge in [0.1, 0.15) is 35.4 Å². The van der Waals surface area contributed by atoms with Crippen LogP contribution in [0.4, 0.5) is 0 Å². The average molecular weight is 270 g/mol. The summed E-state index contributed by atoms with van der Waals surface area (Å²) >= 11 is 0. The molecule has 21 heavy (non-hydrogen) atoms. The van der Waals surface area contributed by atoms with Crippen molar-refractivity contribution in [2.45, 2.75) is 6.92 Å². The topological polar surface area (TPSA) is 95.2 Å². The molecular formula is C17H10N4. The Kier molecular flexibility index (Phi) is 3.58. The summed E-state index contributed by atoms with van der Waals surface area (Å²) in [5.41, 5.74) is 0.711. The molecule has 0 aliphatic heterocycles. The Bertz CT molecular complexity index is 775. The number of fused-ring (bicyclic) bond motifs is 1. The zero-order chi connectivity index (χ0) is 15.5. The fourth-order valence-corrected chi connectivity index (χ4v) is 2.77. The van der Waals surface area contributed by atoms with Crippen LogP contribution in [0.15, 0.2) is 58.7 Å². The fraction of sp³-hybridized carbons (Fsp3) is 0.176. The highest BCUT2D eigenvalue weighted by Gasteiger charge is 2.41. The number of allylic oxidation sites excluding steroid dienone is 10. The second-order valence-corrected chi connectivity index (χ2v) is 4.90. The van der Waals surface area contributed by atoms with Crippen LogP contribution in [-0.2, 0) is 0 Å². The van der Waals surface area contributed by atoms with Gasteiger partial charge in [0.05, 0.1) is 0 Å². The van der Waals surface area contributed by atoms with Gasteiger partial charge in [-0.1, -0.05) is 43.4 Å². The summed E-state index contributed by atoms with van der Waals surface area (Å²) in [5.74, 6) is -0.242. The molecular weight excluding hydrogens is 260 g/mol. The molecule has 2 rings (SSSR count). The standard InChI is InChI=1S/C17H10N4/c1-17-7-3-2-4-16(17)14(12(8-18)9-19)5-6-15(17)13(10-20)11-21/h2-7,16H,1H3. The van der Waals surface area contributed by atoms with Crippen LogP contribution in [0.25, 0.3) is 0 Å². The minimum Gasteiger partial charge on any atom is -0.192 e. The maximum absolute atomic E-state index is 9.13. The van der Waals surface area contributed by atoms with E-state index in [2.05, 4.69) is 0 Å². The minimum absolute atomic E-state index is 0.0493. The van der Waals surface area contributed by atoms with E-state index >= 15 is 0 Å². The van der Waals surface area contributed by atoms with E-state index < -0.39 is 5.41 Å². The van der Waals surface area contributed by atoms with E-state index in [1.807, 2.05) is 55.5 Å². The van der Waals surface area contributed by atoms with Gasteiger partial charge in [-0.2, -0.15) is 21.0 Å². The predicted octanol–water partition coefficient (Wildman–Crippen LogP) is 2.99. The SMILES string of the molecule is CC12C=CC=CC1C(=C(C#N)C#N)C=CC2=C(C#N)C#N. The number of hydrogen-bond donors (Lipinski definition) is 0. The van der Waals surface area contributed by atoms with Crippen molar-refractivity contribution in [3.8, 4) is 24.3 Å². The summed E-state index contributed by atoms with van der Waals surface area (Å²) in [4.78, 5) is 0. The summed E-state index contributed by atoms with van der Waals surface area (Å²) in [6.45, 7) is 1.90. The summed E-state index contributed by atoms with van der Waals surface area (Å²) in [5, 5.41) is 36.4. The summed E-state index contributed by atoms with van der Waals surface area (Å²) < 4.78 is 0. The highest BCUT2D eigenvalue weighted by atomic mass is 14.4. The molecule has 0 spiro atoms. The lowest BCUT2D eigenvalue weighted by molar-refractivity contribution is 0.415. The van der Waals surface area contributed by atoms with E-state index in [-0.39, 0.29) is 17.1 Å². The number of nitriles is 4. The van der Waals surface area contributed by atoms with Gasteiger partial charge in [-0.15, -0.1) is 0 Å². The first-order valence-electron chi connectivity index (χ1n) is 6.25. The largest absolute Gasteiger partial charge is 0.192 e. The Hall–Kier alpha value is -3.34. The normalized spacial score (nSPS) is 25.1. The smallest absolute Gasteiger partial charge is 0.133 e. The van der Waals surface area contributed by atoms with Crippen molar-refractivity contribution in [1.82, 2.24) is 0 Å². The Morgan fingerprint density at radius 1 is 0.952 bits per heavy atom. The summed E-state index contributed by atoms with van der Waals surface area (Å²) in [6, 6.07) is 7.64. The second-order valence-electron chi connectivity index (χ2n) is 4.90. The van der Waals surface area contributed by atoms with Gasteiger partial charge in [0, 0.05) is 11.3 Å². The van der Waals surface area contributed by atoms with E-state index in [4.69, 9.17) is 21.0 Å². The lowest BCUT2D eigenvalue weighted by Crippen LogP contribution is -2.32. The Morgan fingerprint density at radius 3 is 2.14 bits per heavy atom. The van der Waals surface area contributed by atoms with Crippen molar-refractivity contribution in [3.05, 3.63) is 58.7 Å². The third-order valence-electron chi connectivity index (χ3n) is 3.85. The van der Waals surface area contributed by atoms with Gasteiger partial charge in [0.15, 0.2) is 0 Å². The monoisotopic (exact) mass is 270 g/mol. The van der Waals surface area contributed by atoms with Crippen molar-refractivity contribution < 1.29 is 0 Å². The molecule has 0 bridgehead atoms. The molecule has 0 fully saturated rings. The molecule has 98 valence electrons.